The Balaban J connectivity index is 2.91. The van der Waals surface area contributed by atoms with Crippen molar-refractivity contribution in [2.24, 2.45) is 0 Å². The van der Waals surface area contributed by atoms with Crippen LogP contribution in [0.3, 0.4) is 0 Å². The minimum Gasteiger partial charge on any atom is -0.463 e. The number of carbonyl (C=O) groups is 2. The number of β-lactam (4-membered cyclic amide) rings is 1. The zero-order valence-corrected chi connectivity index (χ0v) is 15.2. The number of ether oxygens (including phenoxy) is 1. The summed E-state index contributed by atoms with van der Waals surface area (Å²) in [4.78, 5) is 23.3. The molecule has 1 aliphatic rings. The summed E-state index contributed by atoms with van der Waals surface area (Å²) in [7, 11) is -1.88. The van der Waals surface area contributed by atoms with Crippen LogP contribution in [0, 0.1) is 0 Å². The highest BCUT2D eigenvalue weighted by atomic mass is 28.3. The Morgan fingerprint density at radius 2 is 1.95 bits per heavy atom. The number of amides is 1. The topological polar surface area (TPSA) is 46.6 Å². The molecule has 1 aliphatic heterocycles. The highest BCUT2D eigenvalue weighted by Gasteiger charge is 2.57. The molecule has 0 aliphatic carbocycles. The molecule has 0 spiro atoms. The van der Waals surface area contributed by atoms with Crippen molar-refractivity contribution in [2.45, 2.75) is 84.2 Å². The average Bonchev–Trinajstić information content (AvgIpc) is 2.10. The summed E-state index contributed by atoms with van der Waals surface area (Å²) < 4.78 is 7.37. The second kappa shape index (κ2) is 5.17. The minimum atomic E-state index is -1.88. The summed E-state index contributed by atoms with van der Waals surface area (Å²) in [6.07, 6.45) is 1.12. The second-order valence-corrected chi connectivity index (χ2v) is 12.9. The number of rotatable bonds is 4. The van der Waals surface area contributed by atoms with Crippen LogP contribution in [-0.2, 0) is 14.3 Å². The number of esters is 1. The van der Waals surface area contributed by atoms with Crippen LogP contribution in [0.25, 0.3) is 0 Å². The fourth-order valence-electron chi connectivity index (χ4n) is 3.12. The minimum absolute atomic E-state index is 0.120. The average molecular weight is 299 g/mol. The second-order valence-electron chi connectivity index (χ2n) is 7.84. The molecular formula is C15H29NO3Si. The number of hydrogen-bond acceptors (Lipinski definition) is 3. The number of hydrogen-bond donors (Lipinski definition) is 0. The van der Waals surface area contributed by atoms with E-state index >= 15 is 0 Å². The van der Waals surface area contributed by atoms with Gasteiger partial charge in [-0.15, -0.1) is 0 Å². The van der Waals surface area contributed by atoms with Crippen LogP contribution in [0.4, 0.5) is 0 Å². The van der Waals surface area contributed by atoms with Crippen LogP contribution in [0.2, 0.25) is 18.1 Å². The van der Waals surface area contributed by atoms with Gasteiger partial charge in [-0.2, -0.15) is 0 Å². The Hall–Kier alpha value is -0.843. The third-order valence-corrected chi connectivity index (χ3v) is 10.4. The molecule has 0 bridgehead atoms. The van der Waals surface area contributed by atoms with E-state index in [1.807, 2.05) is 6.92 Å². The van der Waals surface area contributed by atoms with Crippen LogP contribution >= 0.6 is 0 Å². The molecule has 0 N–H and O–H groups in total. The Kier molecular flexibility index (Phi) is 4.45. The molecule has 1 amide bonds. The van der Waals surface area contributed by atoms with E-state index in [-0.39, 0.29) is 28.6 Å². The molecule has 1 saturated heterocycles. The van der Waals surface area contributed by atoms with Crippen LogP contribution < -0.4 is 0 Å². The molecule has 1 rings (SSSR count). The van der Waals surface area contributed by atoms with Gasteiger partial charge in [-0.25, -0.2) is 0 Å². The molecule has 0 aromatic rings. The molecule has 0 radical (unpaired) electrons. The Bertz CT molecular complexity index is 414. The molecule has 4 nitrogen and oxygen atoms in total. The molecule has 0 aromatic carbocycles. The Morgan fingerprint density at radius 3 is 2.30 bits per heavy atom. The molecule has 5 heteroatoms. The summed E-state index contributed by atoms with van der Waals surface area (Å²) in [5.74, 6) is -0.0141. The fraction of sp³-hybridized carbons (Fsp3) is 0.867. The van der Waals surface area contributed by atoms with Gasteiger partial charge in [0.25, 0.3) is 0 Å². The lowest BCUT2D eigenvalue weighted by Crippen LogP contribution is -2.74. The SMILES string of the molecule is CC(=O)OC(C)CC1(C)CC(=O)N1[Si](C)(C)C(C)(C)C. The van der Waals surface area contributed by atoms with E-state index in [1.165, 1.54) is 6.92 Å². The van der Waals surface area contributed by atoms with E-state index in [0.29, 0.717) is 12.8 Å². The van der Waals surface area contributed by atoms with E-state index in [4.69, 9.17) is 4.74 Å². The standard InChI is InChI=1S/C15H29NO3Si/c1-11(19-12(2)17)9-15(6)10-13(18)16(15)20(7,8)14(3,4)5/h11H,9-10H2,1-8H3. The monoisotopic (exact) mass is 299 g/mol. The maximum atomic E-state index is 12.2. The zero-order chi connectivity index (χ0) is 15.9. The summed E-state index contributed by atoms with van der Waals surface area (Å²) in [5.41, 5.74) is -0.172. The Morgan fingerprint density at radius 1 is 1.45 bits per heavy atom. The first-order chi connectivity index (χ1) is 8.81. The van der Waals surface area contributed by atoms with Crippen molar-refractivity contribution in [3.05, 3.63) is 0 Å². The largest absolute Gasteiger partial charge is 0.463 e. The predicted octanol–water partition coefficient (Wildman–Crippen LogP) is 3.32. The van der Waals surface area contributed by atoms with Crippen LogP contribution in [0.1, 0.15) is 54.4 Å². The molecule has 0 aromatic heterocycles. The van der Waals surface area contributed by atoms with Crippen molar-refractivity contribution in [3.63, 3.8) is 0 Å². The van der Waals surface area contributed by atoms with Crippen LogP contribution in [0.5, 0.6) is 0 Å². The van der Waals surface area contributed by atoms with E-state index in [1.54, 1.807) is 0 Å². The molecule has 2 unspecified atom stereocenters. The third kappa shape index (κ3) is 3.08. The van der Waals surface area contributed by atoms with Gasteiger partial charge in [-0.3, -0.25) is 9.59 Å². The molecular weight excluding hydrogens is 270 g/mol. The lowest BCUT2D eigenvalue weighted by atomic mass is 9.84. The summed E-state index contributed by atoms with van der Waals surface area (Å²) >= 11 is 0. The smallest absolute Gasteiger partial charge is 0.302 e. The van der Waals surface area contributed by atoms with Gasteiger partial charge >= 0.3 is 5.97 Å². The number of nitrogens with zero attached hydrogens (tertiary/aromatic N) is 1. The quantitative estimate of drug-likeness (QED) is 0.454. The van der Waals surface area contributed by atoms with Crippen LogP contribution in [0.15, 0.2) is 0 Å². The van der Waals surface area contributed by atoms with Gasteiger partial charge < -0.3 is 9.30 Å². The van der Waals surface area contributed by atoms with E-state index < -0.39 is 8.24 Å². The lowest BCUT2D eigenvalue weighted by Gasteiger charge is -2.61. The van der Waals surface area contributed by atoms with E-state index in [9.17, 15) is 9.59 Å². The van der Waals surface area contributed by atoms with Gasteiger partial charge in [0.2, 0.25) is 5.91 Å². The van der Waals surface area contributed by atoms with Gasteiger partial charge in [0.05, 0.1) is 0 Å². The van der Waals surface area contributed by atoms with Crippen molar-refractivity contribution in [3.8, 4) is 0 Å². The van der Waals surface area contributed by atoms with E-state index in [0.717, 1.165) is 0 Å². The predicted molar refractivity (Wildman–Crippen MR) is 82.9 cm³/mol. The zero-order valence-electron chi connectivity index (χ0n) is 14.2. The Labute approximate surface area is 123 Å². The van der Waals surface area contributed by atoms with Crippen molar-refractivity contribution in [1.82, 2.24) is 4.57 Å². The van der Waals surface area contributed by atoms with Gasteiger partial charge in [-0.1, -0.05) is 33.9 Å². The highest BCUT2D eigenvalue weighted by Crippen LogP contribution is 2.48. The van der Waals surface area contributed by atoms with Crippen molar-refractivity contribution >= 4 is 20.1 Å². The maximum Gasteiger partial charge on any atom is 0.302 e. The maximum absolute atomic E-state index is 12.2. The molecule has 1 fully saturated rings. The lowest BCUT2D eigenvalue weighted by molar-refractivity contribution is -0.153. The molecule has 20 heavy (non-hydrogen) atoms. The molecule has 1 heterocycles. The molecule has 116 valence electrons. The first-order valence-corrected chi connectivity index (χ1v) is 10.3. The van der Waals surface area contributed by atoms with Crippen LogP contribution in [-0.4, -0.2) is 36.3 Å². The van der Waals surface area contributed by atoms with Crippen molar-refractivity contribution in [2.75, 3.05) is 0 Å². The van der Waals surface area contributed by atoms with E-state index in [2.05, 4.69) is 45.4 Å². The first-order valence-electron chi connectivity index (χ1n) is 7.32. The van der Waals surface area contributed by atoms with Crippen molar-refractivity contribution in [1.29, 1.82) is 0 Å². The van der Waals surface area contributed by atoms with Gasteiger partial charge in [0.15, 0.2) is 8.24 Å². The third-order valence-electron chi connectivity index (χ3n) is 4.81. The fourth-order valence-corrected chi connectivity index (χ4v) is 6.02. The highest BCUT2D eigenvalue weighted by molar-refractivity contribution is 6.80. The summed E-state index contributed by atoms with van der Waals surface area (Å²) in [6.45, 7) is 16.6. The molecule has 0 saturated carbocycles. The van der Waals surface area contributed by atoms with Crippen molar-refractivity contribution < 1.29 is 14.3 Å². The summed E-state index contributed by atoms with van der Waals surface area (Å²) in [5, 5.41) is 0.120. The normalized spacial score (nSPS) is 25.2. The number of carbonyl (C=O) groups excluding carboxylic acids is 2. The van der Waals surface area contributed by atoms with Gasteiger partial charge in [0, 0.05) is 25.3 Å². The molecule has 2 atom stereocenters. The van der Waals surface area contributed by atoms with Gasteiger partial charge in [-0.05, 0) is 18.9 Å². The summed E-state index contributed by atoms with van der Waals surface area (Å²) in [6, 6.07) is 0. The van der Waals surface area contributed by atoms with Gasteiger partial charge in [0.1, 0.15) is 6.10 Å². The first kappa shape index (κ1) is 17.2.